The number of hydrogen-bond acceptors (Lipinski definition) is 6. The number of nitrogens with zero attached hydrogens (tertiary/aromatic N) is 1. The maximum absolute atomic E-state index is 11.6. The molecule has 0 saturated heterocycles. The molecule has 102 valence electrons. The highest BCUT2D eigenvalue weighted by atomic mass is 32.1. The van der Waals surface area contributed by atoms with Crippen molar-refractivity contribution in [3.8, 4) is 0 Å². The first-order valence-corrected chi connectivity index (χ1v) is 5.74. The van der Waals surface area contributed by atoms with Gasteiger partial charge < -0.3 is 16.2 Å². The number of nitro groups is 1. The number of thiophene rings is 1. The van der Waals surface area contributed by atoms with E-state index >= 15 is 0 Å². The second-order valence-electron chi connectivity index (χ2n) is 3.47. The Hall–Kier alpha value is -2.49. The Labute approximate surface area is 110 Å². The van der Waals surface area contributed by atoms with Gasteiger partial charge in [0, 0.05) is 11.4 Å². The minimum atomic E-state index is -1.47. The van der Waals surface area contributed by atoms with E-state index in [9.17, 15) is 24.5 Å². The van der Waals surface area contributed by atoms with Crippen LogP contribution in [0.2, 0.25) is 0 Å². The predicted molar refractivity (Wildman–Crippen MR) is 63.7 cm³/mol. The molecule has 4 N–H and O–H groups in total. The summed E-state index contributed by atoms with van der Waals surface area (Å²) in [6, 6.07) is -0.452. The summed E-state index contributed by atoms with van der Waals surface area (Å²) in [7, 11) is 0. The van der Waals surface area contributed by atoms with Crippen molar-refractivity contribution in [2.24, 2.45) is 5.73 Å². The molecule has 19 heavy (non-hydrogen) atoms. The summed E-state index contributed by atoms with van der Waals surface area (Å²) in [6.07, 6.45) is -0.562. The zero-order valence-corrected chi connectivity index (χ0v) is 10.2. The maximum Gasteiger partial charge on any atom is 0.326 e. The predicted octanol–water partition coefficient (Wildman–Crippen LogP) is -0.285. The van der Waals surface area contributed by atoms with Crippen molar-refractivity contribution < 1.29 is 24.4 Å². The molecule has 0 unspecified atom stereocenters. The summed E-state index contributed by atoms with van der Waals surface area (Å²) >= 11 is 0.736. The van der Waals surface area contributed by atoms with Crippen LogP contribution in [0.5, 0.6) is 0 Å². The van der Waals surface area contributed by atoms with Crippen LogP contribution < -0.4 is 11.1 Å². The zero-order valence-electron chi connectivity index (χ0n) is 9.36. The largest absolute Gasteiger partial charge is 0.480 e. The average Bonchev–Trinajstić information content (AvgIpc) is 2.76. The highest BCUT2D eigenvalue weighted by Gasteiger charge is 2.24. The van der Waals surface area contributed by atoms with E-state index in [2.05, 4.69) is 5.32 Å². The van der Waals surface area contributed by atoms with E-state index in [0.29, 0.717) is 0 Å². The van der Waals surface area contributed by atoms with Gasteiger partial charge >= 0.3 is 11.0 Å². The lowest BCUT2D eigenvalue weighted by Gasteiger charge is -2.11. The van der Waals surface area contributed by atoms with Crippen LogP contribution >= 0.6 is 11.3 Å². The molecule has 0 bridgehead atoms. The minimum absolute atomic E-state index is 0.0487. The Kier molecular flexibility index (Phi) is 4.53. The molecule has 0 aliphatic carbocycles. The van der Waals surface area contributed by atoms with Gasteiger partial charge in [0.1, 0.15) is 6.04 Å². The molecule has 10 heteroatoms. The van der Waals surface area contributed by atoms with Crippen molar-refractivity contribution in [1.29, 1.82) is 0 Å². The van der Waals surface area contributed by atoms with Gasteiger partial charge in [-0.15, -0.1) is 0 Å². The van der Waals surface area contributed by atoms with Gasteiger partial charge in [0.2, 0.25) is 5.91 Å². The van der Waals surface area contributed by atoms with Gasteiger partial charge in [-0.2, -0.15) is 0 Å². The number of amides is 2. The van der Waals surface area contributed by atoms with E-state index in [1.54, 1.807) is 0 Å². The average molecular weight is 287 g/mol. The molecule has 0 aromatic carbocycles. The van der Waals surface area contributed by atoms with Gasteiger partial charge in [0.15, 0.2) is 0 Å². The summed E-state index contributed by atoms with van der Waals surface area (Å²) in [5.41, 5.74) is 4.80. The number of hydrogen-bond donors (Lipinski definition) is 3. The van der Waals surface area contributed by atoms with Crippen molar-refractivity contribution in [1.82, 2.24) is 5.32 Å². The molecule has 0 aliphatic heterocycles. The van der Waals surface area contributed by atoms with Crippen LogP contribution in [0, 0.1) is 10.1 Å². The maximum atomic E-state index is 11.6. The quantitative estimate of drug-likeness (QED) is 0.483. The Balaban J connectivity index is 2.78. The van der Waals surface area contributed by atoms with Crippen molar-refractivity contribution in [3.05, 3.63) is 27.1 Å². The van der Waals surface area contributed by atoms with Gasteiger partial charge in [0.05, 0.1) is 16.9 Å². The van der Waals surface area contributed by atoms with Crippen LogP contribution in [0.25, 0.3) is 0 Å². The van der Waals surface area contributed by atoms with Crippen LogP contribution in [0.4, 0.5) is 5.00 Å². The minimum Gasteiger partial charge on any atom is -0.480 e. The summed E-state index contributed by atoms with van der Waals surface area (Å²) in [5.74, 6) is -3.13. The smallest absolute Gasteiger partial charge is 0.326 e. The standard InChI is InChI=1S/C9H9N3O6S/c10-6(13)2-5(9(15)16)11-8(14)4-1-7(12(17)18)19-3-4/h1,3,5H,2H2,(H2,10,13)(H,11,14)(H,15,16)/t5-/m0/s1. The number of rotatable bonds is 6. The molecule has 1 aromatic heterocycles. The van der Waals surface area contributed by atoms with Crippen LogP contribution in [0.1, 0.15) is 16.8 Å². The second-order valence-corrected chi connectivity index (χ2v) is 4.36. The molecular weight excluding hydrogens is 278 g/mol. The van der Waals surface area contributed by atoms with Crippen molar-refractivity contribution in [3.63, 3.8) is 0 Å². The molecule has 2 amide bonds. The highest BCUT2D eigenvalue weighted by Crippen LogP contribution is 2.22. The lowest BCUT2D eigenvalue weighted by Crippen LogP contribution is -2.43. The van der Waals surface area contributed by atoms with E-state index in [0.717, 1.165) is 17.4 Å². The number of carbonyl (C=O) groups is 3. The van der Waals surface area contributed by atoms with Crippen molar-refractivity contribution in [2.45, 2.75) is 12.5 Å². The first kappa shape index (κ1) is 14.6. The molecule has 0 fully saturated rings. The van der Waals surface area contributed by atoms with Gasteiger partial charge in [-0.1, -0.05) is 11.3 Å². The molecular formula is C9H9N3O6S. The summed E-state index contributed by atoms with van der Waals surface area (Å²) in [6.45, 7) is 0. The Bertz CT molecular complexity index is 540. The molecule has 0 saturated carbocycles. The third kappa shape index (κ3) is 4.03. The van der Waals surface area contributed by atoms with Gasteiger partial charge in [-0.05, 0) is 0 Å². The monoisotopic (exact) mass is 287 g/mol. The molecule has 0 aliphatic rings. The Morgan fingerprint density at radius 1 is 1.53 bits per heavy atom. The first-order chi connectivity index (χ1) is 8.81. The van der Waals surface area contributed by atoms with Crippen molar-refractivity contribution in [2.75, 3.05) is 0 Å². The number of carboxylic acid groups (broad SMARTS) is 1. The summed E-state index contributed by atoms with van der Waals surface area (Å²) < 4.78 is 0. The van der Waals surface area contributed by atoms with E-state index < -0.39 is 35.2 Å². The summed E-state index contributed by atoms with van der Waals surface area (Å²) in [5, 5.41) is 22.3. The second kappa shape index (κ2) is 5.91. The topological polar surface area (TPSA) is 153 Å². The van der Waals surface area contributed by atoms with Crippen LogP contribution in [-0.4, -0.2) is 33.9 Å². The number of carbonyl (C=O) groups excluding carboxylic acids is 2. The molecule has 1 atom stereocenters. The van der Waals surface area contributed by atoms with E-state index in [4.69, 9.17) is 10.8 Å². The van der Waals surface area contributed by atoms with Crippen molar-refractivity contribution >= 4 is 34.1 Å². The molecule has 1 heterocycles. The first-order valence-electron chi connectivity index (χ1n) is 4.86. The fourth-order valence-electron chi connectivity index (χ4n) is 1.18. The van der Waals surface area contributed by atoms with E-state index in [-0.39, 0.29) is 10.6 Å². The SMILES string of the molecule is NC(=O)C[C@H](NC(=O)c1csc([N+](=O)[O-])c1)C(=O)O. The molecule has 0 spiro atoms. The highest BCUT2D eigenvalue weighted by molar-refractivity contribution is 7.13. The van der Waals surface area contributed by atoms with Gasteiger partial charge in [-0.25, -0.2) is 4.79 Å². The van der Waals surface area contributed by atoms with Gasteiger partial charge in [0.25, 0.3) is 5.91 Å². The molecule has 1 rings (SSSR count). The number of primary amides is 1. The third-order valence-electron chi connectivity index (χ3n) is 2.04. The van der Waals surface area contributed by atoms with Crippen LogP contribution in [0.15, 0.2) is 11.4 Å². The lowest BCUT2D eigenvalue weighted by molar-refractivity contribution is -0.380. The summed E-state index contributed by atoms with van der Waals surface area (Å²) in [4.78, 5) is 42.8. The molecule has 1 aromatic rings. The van der Waals surface area contributed by atoms with E-state index in [1.807, 2.05) is 0 Å². The number of nitrogens with one attached hydrogen (secondary N) is 1. The normalized spacial score (nSPS) is 11.6. The number of nitrogens with two attached hydrogens (primary N) is 1. The fourth-order valence-corrected chi connectivity index (χ4v) is 1.89. The van der Waals surface area contributed by atoms with E-state index in [1.165, 1.54) is 5.38 Å². The van der Waals surface area contributed by atoms with Crippen LogP contribution in [-0.2, 0) is 9.59 Å². The Morgan fingerprint density at radius 2 is 2.16 bits per heavy atom. The number of aliphatic carboxylic acids is 1. The zero-order chi connectivity index (χ0) is 14.6. The third-order valence-corrected chi connectivity index (χ3v) is 2.92. The van der Waals surface area contributed by atoms with Gasteiger partial charge in [-0.3, -0.25) is 19.7 Å². The number of carboxylic acids is 1. The van der Waals surface area contributed by atoms with Crippen LogP contribution in [0.3, 0.4) is 0 Å². The lowest BCUT2D eigenvalue weighted by atomic mass is 10.2. The Morgan fingerprint density at radius 3 is 2.58 bits per heavy atom. The molecule has 9 nitrogen and oxygen atoms in total. The fraction of sp³-hybridized carbons (Fsp3) is 0.222. The molecule has 0 radical (unpaired) electrons.